The first kappa shape index (κ1) is 14.0. The van der Waals surface area contributed by atoms with Crippen molar-refractivity contribution >= 4 is 27.5 Å². The minimum atomic E-state index is -1.05. The Hall–Kier alpha value is -1.40. The van der Waals surface area contributed by atoms with Gasteiger partial charge in [0.05, 0.1) is 12.2 Å². The zero-order valence-electron chi connectivity index (χ0n) is 11.0. The molecule has 0 saturated carbocycles. The van der Waals surface area contributed by atoms with Gasteiger partial charge in [0.15, 0.2) is 5.69 Å². The first-order valence-electron chi connectivity index (χ1n) is 5.91. The van der Waals surface area contributed by atoms with Crippen molar-refractivity contribution in [3.63, 3.8) is 0 Å². The normalized spacial score (nSPS) is 11.8. The fraction of sp³-hybridized carbons (Fsp3) is 0.385. The predicted molar refractivity (Wildman–Crippen MR) is 74.1 cm³/mol. The van der Waals surface area contributed by atoms with Gasteiger partial charge in [-0.25, -0.2) is 9.78 Å². The fourth-order valence-corrected chi connectivity index (χ4v) is 2.27. The largest absolute Gasteiger partial charge is 0.461 e. The zero-order valence-corrected chi connectivity index (χ0v) is 12.6. The van der Waals surface area contributed by atoms with E-state index in [1.54, 1.807) is 43.6 Å². The Bertz CT molecular complexity index is 629. The minimum Gasteiger partial charge on any atom is -0.461 e. The third-order valence-corrected chi connectivity index (χ3v) is 3.10. The van der Waals surface area contributed by atoms with Crippen molar-refractivity contribution in [3.8, 4) is 0 Å². The summed E-state index contributed by atoms with van der Waals surface area (Å²) in [6.07, 6.45) is 3.37. The maximum Gasteiger partial charge on any atom is 0.358 e. The highest BCUT2D eigenvalue weighted by molar-refractivity contribution is 9.10. The van der Waals surface area contributed by atoms with E-state index < -0.39 is 11.6 Å². The van der Waals surface area contributed by atoms with Crippen LogP contribution in [0.5, 0.6) is 0 Å². The Kier molecular flexibility index (Phi) is 3.64. The van der Waals surface area contributed by atoms with Crippen LogP contribution in [0.2, 0.25) is 0 Å². The van der Waals surface area contributed by atoms with E-state index in [0.29, 0.717) is 17.8 Å². The van der Waals surface area contributed by atoms with Crippen molar-refractivity contribution < 1.29 is 14.6 Å². The molecule has 2 aromatic rings. The minimum absolute atomic E-state index is 0.227. The van der Waals surface area contributed by atoms with Crippen LogP contribution in [-0.4, -0.2) is 27.1 Å². The molecule has 2 rings (SSSR count). The lowest BCUT2D eigenvalue weighted by molar-refractivity contribution is 0.0519. The summed E-state index contributed by atoms with van der Waals surface area (Å²) in [6.45, 7) is 5.39. The molecule has 19 heavy (non-hydrogen) atoms. The Morgan fingerprint density at radius 2 is 2.21 bits per heavy atom. The van der Waals surface area contributed by atoms with Crippen LogP contribution in [0.15, 0.2) is 22.9 Å². The number of fused-ring (bicyclic) bond motifs is 1. The number of halogens is 1. The van der Waals surface area contributed by atoms with Gasteiger partial charge < -0.3 is 14.2 Å². The van der Waals surface area contributed by atoms with E-state index in [4.69, 9.17) is 4.74 Å². The number of hydrogen-bond acceptors (Lipinski definition) is 4. The van der Waals surface area contributed by atoms with Gasteiger partial charge in [0, 0.05) is 22.4 Å². The summed E-state index contributed by atoms with van der Waals surface area (Å²) in [4.78, 5) is 15.9. The van der Waals surface area contributed by atoms with Crippen molar-refractivity contribution in [2.75, 3.05) is 6.61 Å². The lowest BCUT2D eigenvalue weighted by Gasteiger charge is -2.18. The number of rotatable bonds is 3. The summed E-state index contributed by atoms with van der Waals surface area (Å²) in [6, 6.07) is 1.79. The van der Waals surface area contributed by atoms with Gasteiger partial charge in [0.2, 0.25) is 0 Å². The van der Waals surface area contributed by atoms with Crippen LogP contribution in [0.1, 0.15) is 36.8 Å². The molecule has 102 valence electrons. The smallest absolute Gasteiger partial charge is 0.358 e. The molecular weight excluding hydrogens is 312 g/mol. The van der Waals surface area contributed by atoms with Crippen molar-refractivity contribution in [1.29, 1.82) is 0 Å². The molecule has 0 fully saturated rings. The van der Waals surface area contributed by atoms with Gasteiger partial charge >= 0.3 is 5.97 Å². The second-order valence-electron chi connectivity index (χ2n) is 4.71. The van der Waals surface area contributed by atoms with Gasteiger partial charge in [0.25, 0.3) is 0 Å². The molecule has 0 spiro atoms. The molecule has 2 heterocycles. The number of carbonyl (C=O) groups excluding carboxylic acids is 1. The zero-order chi connectivity index (χ0) is 14.2. The van der Waals surface area contributed by atoms with Crippen LogP contribution in [-0.2, 0) is 10.3 Å². The lowest BCUT2D eigenvalue weighted by atomic mass is 10.00. The van der Waals surface area contributed by atoms with Gasteiger partial charge in [-0.15, -0.1) is 0 Å². The molecule has 0 aromatic carbocycles. The monoisotopic (exact) mass is 326 g/mol. The number of aliphatic hydroxyl groups is 1. The van der Waals surface area contributed by atoms with E-state index in [-0.39, 0.29) is 5.69 Å². The number of pyridine rings is 1. The van der Waals surface area contributed by atoms with E-state index in [0.717, 1.165) is 4.47 Å². The highest BCUT2D eigenvalue weighted by Crippen LogP contribution is 2.27. The van der Waals surface area contributed by atoms with Crippen molar-refractivity contribution in [1.82, 2.24) is 9.38 Å². The van der Waals surface area contributed by atoms with Crippen molar-refractivity contribution in [2.24, 2.45) is 0 Å². The second-order valence-corrected chi connectivity index (χ2v) is 5.62. The van der Waals surface area contributed by atoms with Gasteiger partial charge in [-0.2, -0.15) is 0 Å². The quantitative estimate of drug-likeness (QED) is 0.880. The third-order valence-electron chi connectivity index (χ3n) is 2.66. The van der Waals surface area contributed by atoms with Gasteiger partial charge in [-0.1, -0.05) is 0 Å². The van der Waals surface area contributed by atoms with Crippen molar-refractivity contribution in [2.45, 2.75) is 26.4 Å². The molecule has 0 atom stereocenters. The molecule has 0 aliphatic carbocycles. The molecule has 1 N–H and O–H groups in total. The van der Waals surface area contributed by atoms with E-state index in [1.807, 2.05) is 0 Å². The maximum absolute atomic E-state index is 11.7. The Balaban J connectivity index is 2.62. The number of esters is 1. The number of hydrogen-bond donors (Lipinski definition) is 1. The van der Waals surface area contributed by atoms with Gasteiger partial charge in [0.1, 0.15) is 5.65 Å². The predicted octanol–water partition coefficient (Wildman–Crippen LogP) is 2.50. The van der Waals surface area contributed by atoms with E-state index in [9.17, 15) is 9.90 Å². The maximum atomic E-state index is 11.7. The summed E-state index contributed by atoms with van der Waals surface area (Å²) in [5, 5.41) is 10.2. The first-order chi connectivity index (χ1) is 8.82. The van der Waals surface area contributed by atoms with Crippen LogP contribution in [0.25, 0.3) is 5.65 Å². The van der Waals surface area contributed by atoms with Crippen LogP contribution in [0.4, 0.5) is 0 Å². The molecule has 2 aromatic heterocycles. The summed E-state index contributed by atoms with van der Waals surface area (Å²) in [7, 11) is 0. The summed E-state index contributed by atoms with van der Waals surface area (Å²) in [5.41, 5.74) is 0.351. The SMILES string of the molecule is CCOC(=O)c1cn2cc(Br)cc(C(C)(C)O)c2n1. The molecule has 0 saturated heterocycles. The molecular formula is C13H15BrN2O3. The number of carbonyl (C=O) groups is 1. The first-order valence-corrected chi connectivity index (χ1v) is 6.70. The Morgan fingerprint density at radius 1 is 1.53 bits per heavy atom. The molecule has 6 heteroatoms. The average Bonchev–Trinajstić information content (AvgIpc) is 2.70. The lowest BCUT2D eigenvalue weighted by Crippen LogP contribution is -2.17. The van der Waals surface area contributed by atoms with Gasteiger partial charge in [-0.05, 0) is 42.8 Å². The third kappa shape index (κ3) is 2.79. The second kappa shape index (κ2) is 4.94. The Labute approximate surface area is 119 Å². The molecule has 0 bridgehead atoms. The highest BCUT2D eigenvalue weighted by Gasteiger charge is 2.23. The standard InChI is InChI=1S/C13H15BrN2O3/c1-4-19-12(17)10-7-16-6-8(14)5-9(11(16)15-10)13(2,3)18/h5-7,18H,4H2,1-3H3. The number of nitrogens with zero attached hydrogens (tertiary/aromatic N) is 2. The molecule has 0 aliphatic rings. The van der Waals surface area contributed by atoms with E-state index in [1.165, 1.54) is 0 Å². The molecule has 0 radical (unpaired) electrons. The van der Waals surface area contributed by atoms with Crippen molar-refractivity contribution in [3.05, 3.63) is 34.2 Å². The number of imidazole rings is 1. The summed E-state index contributed by atoms with van der Waals surface area (Å²) < 4.78 is 7.42. The van der Waals surface area contributed by atoms with Gasteiger partial charge in [-0.3, -0.25) is 0 Å². The van der Waals surface area contributed by atoms with Crippen LogP contribution in [0.3, 0.4) is 0 Å². The molecule has 0 amide bonds. The van der Waals surface area contributed by atoms with E-state index in [2.05, 4.69) is 20.9 Å². The topological polar surface area (TPSA) is 63.8 Å². The molecule has 0 unspecified atom stereocenters. The molecule has 5 nitrogen and oxygen atoms in total. The number of ether oxygens (including phenoxy) is 1. The number of aromatic nitrogens is 2. The fourth-order valence-electron chi connectivity index (χ4n) is 1.82. The summed E-state index contributed by atoms with van der Waals surface area (Å²) >= 11 is 3.38. The Morgan fingerprint density at radius 3 is 2.79 bits per heavy atom. The van der Waals surface area contributed by atoms with Crippen LogP contribution < -0.4 is 0 Å². The highest BCUT2D eigenvalue weighted by atomic mass is 79.9. The van der Waals surface area contributed by atoms with E-state index >= 15 is 0 Å². The summed E-state index contributed by atoms with van der Waals surface area (Å²) in [5.74, 6) is -0.469. The molecule has 0 aliphatic heterocycles. The van der Waals surface area contributed by atoms with Crippen LogP contribution >= 0.6 is 15.9 Å². The average molecular weight is 327 g/mol. The van der Waals surface area contributed by atoms with Crippen LogP contribution in [0, 0.1) is 0 Å².